The molecule has 0 bridgehead atoms. The fourth-order valence-corrected chi connectivity index (χ4v) is 1.47. The van der Waals surface area contributed by atoms with Crippen molar-refractivity contribution in [2.24, 2.45) is 0 Å². The van der Waals surface area contributed by atoms with Crippen LogP contribution in [0.15, 0.2) is 40.8 Å². The molecule has 2 aromatic rings. The smallest absolute Gasteiger partial charge is 0.290 e. The molecule has 1 aromatic carbocycles. The molecule has 2 rings (SSSR count). The second kappa shape index (κ2) is 6.04. The van der Waals surface area contributed by atoms with Crippen LogP contribution >= 0.6 is 0 Å². The van der Waals surface area contributed by atoms with Crippen molar-refractivity contribution >= 4 is 5.91 Å². The first kappa shape index (κ1) is 13.1. The maximum absolute atomic E-state index is 13.0. The monoisotopic (exact) mass is 263 g/mol. The number of carbonyl (C=O) groups excluding carboxylic acids is 1. The van der Waals surface area contributed by atoms with Gasteiger partial charge in [-0.15, -0.1) is 0 Å². The van der Waals surface area contributed by atoms with Crippen LogP contribution in [0.5, 0.6) is 11.7 Å². The molecule has 0 aliphatic rings. The average molecular weight is 263 g/mol. The Kier molecular flexibility index (Phi) is 4.18. The molecule has 19 heavy (non-hydrogen) atoms. The zero-order valence-electron chi connectivity index (χ0n) is 10.5. The number of hydrogen-bond acceptors (Lipinski definition) is 3. The number of nitrogens with one attached hydrogen (secondary N) is 1. The summed E-state index contributed by atoms with van der Waals surface area (Å²) in [4.78, 5) is 11.6. The maximum Gasteiger partial charge on any atom is 0.290 e. The molecule has 1 amide bonds. The highest BCUT2D eigenvalue weighted by Gasteiger charge is 2.11. The molecular weight excluding hydrogens is 249 g/mol. The number of hydrogen-bond donors (Lipinski definition) is 1. The van der Waals surface area contributed by atoms with E-state index in [1.54, 1.807) is 6.07 Å². The van der Waals surface area contributed by atoms with Crippen molar-refractivity contribution in [3.63, 3.8) is 0 Å². The Bertz CT molecular complexity index is 565. The van der Waals surface area contributed by atoms with Gasteiger partial charge >= 0.3 is 0 Å². The molecule has 0 atom stereocenters. The van der Waals surface area contributed by atoms with Crippen LogP contribution in [0, 0.1) is 5.82 Å². The number of halogens is 1. The van der Waals surface area contributed by atoms with E-state index in [4.69, 9.17) is 9.15 Å². The maximum atomic E-state index is 13.0. The summed E-state index contributed by atoms with van der Waals surface area (Å²) in [7, 11) is 0. The number of carbonyl (C=O) groups is 1. The van der Waals surface area contributed by atoms with Crippen LogP contribution in [0.25, 0.3) is 0 Å². The fraction of sp³-hybridized carbons (Fsp3) is 0.214. The summed E-state index contributed by atoms with van der Waals surface area (Å²) < 4.78 is 23.5. The normalized spacial score (nSPS) is 10.2. The van der Waals surface area contributed by atoms with Crippen LogP contribution in [0.4, 0.5) is 4.39 Å². The van der Waals surface area contributed by atoms with E-state index < -0.39 is 5.82 Å². The highest BCUT2D eigenvalue weighted by Crippen LogP contribution is 2.24. The second-order valence-corrected chi connectivity index (χ2v) is 3.93. The molecule has 0 radical (unpaired) electrons. The van der Waals surface area contributed by atoms with Crippen molar-refractivity contribution in [3.8, 4) is 11.7 Å². The van der Waals surface area contributed by atoms with Gasteiger partial charge in [0.05, 0.1) is 0 Å². The van der Waals surface area contributed by atoms with Crippen LogP contribution in [0.3, 0.4) is 0 Å². The van der Waals surface area contributed by atoms with Crippen molar-refractivity contribution in [1.82, 2.24) is 5.32 Å². The summed E-state index contributed by atoms with van der Waals surface area (Å²) in [5.41, 5.74) is 0. The lowest BCUT2D eigenvalue weighted by Gasteiger charge is -2.02. The van der Waals surface area contributed by atoms with Crippen LogP contribution in [-0.2, 0) is 0 Å². The van der Waals surface area contributed by atoms with Crippen LogP contribution in [-0.4, -0.2) is 12.5 Å². The zero-order valence-corrected chi connectivity index (χ0v) is 10.5. The van der Waals surface area contributed by atoms with Gasteiger partial charge in [-0.2, -0.15) is 0 Å². The SMILES string of the molecule is CCCNC(=O)c1ccc(Oc2cccc(F)c2)o1. The van der Waals surface area contributed by atoms with Gasteiger partial charge in [0.1, 0.15) is 11.6 Å². The molecule has 1 heterocycles. The lowest BCUT2D eigenvalue weighted by Crippen LogP contribution is -2.23. The Morgan fingerprint density at radius 2 is 2.21 bits per heavy atom. The Balaban J connectivity index is 2.03. The molecule has 0 saturated heterocycles. The van der Waals surface area contributed by atoms with Gasteiger partial charge in [-0.05, 0) is 24.6 Å². The molecule has 0 aliphatic carbocycles. The topological polar surface area (TPSA) is 51.5 Å². The number of amides is 1. The average Bonchev–Trinajstić information content (AvgIpc) is 2.84. The van der Waals surface area contributed by atoms with E-state index in [0.29, 0.717) is 12.3 Å². The number of rotatable bonds is 5. The van der Waals surface area contributed by atoms with Gasteiger partial charge in [0.15, 0.2) is 5.76 Å². The van der Waals surface area contributed by atoms with E-state index in [0.717, 1.165) is 6.42 Å². The van der Waals surface area contributed by atoms with E-state index in [2.05, 4.69) is 5.32 Å². The molecule has 5 heteroatoms. The van der Waals surface area contributed by atoms with Crippen LogP contribution in [0.2, 0.25) is 0 Å². The van der Waals surface area contributed by atoms with Crippen molar-refractivity contribution in [2.75, 3.05) is 6.54 Å². The predicted molar refractivity (Wildman–Crippen MR) is 67.8 cm³/mol. The van der Waals surface area contributed by atoms with E-state index in [1.807, 2.05) is 6.92 Å². The zero-order chi connectivity index (χ0) is 13.7. The van der Waals surface area contributed by atoms with E-state index in [9.17, 15) is 9.18 Å². The first-order valence-corrected chi connectivity index (χ1v) is 6.00. The van der Waals surface area contributed by atoms with E-state index in [1.165, 1.54) is 30.3 Å². The Morgan fingerprint density at radius 3 is 2.95 bits per heavy atom. The molecular formula is C14H14FNO3. The Morgan fingerprint density at radius 1 is 1.37 bits per heavy atom. The summed E-state index contributed by atoms with van der Waals surface area (Å²) in [5, 5.41) is 2.69. The molecule has 0 aliphatic heterocycles. The molecule has 1 N–H and O–H groups in total. The minimum atomic E-state index is -0.398. The van der Waals surface area contributed by atoms with Crippen molar-refractivity contribution in [3.05, 3.63) is 48.0 Å². The molecule has 1 aromatic heterocycles. The Hall–Kier alpha value is -2.30. The highest BCUT2D eigenvalue weighted by atomic mass is 19.1. The van der Waals surface area contributed by atoms with Crippen molar-refractivity contribution < 1.29 is 18.3 Å². The van der Waals surface area contributed by atoms with Gasteiger partial charge in [-0.25, -0.2) is 4.39 Å². The Labute approximate surface area is 110 Å². The summed E-state index contributed by atoms with van der Waals surface area (Å²) in [6.07, 6.45) is 0.846. The molecule has 0 saturated carbocycles. The van der Waals surface area contributed by atoms with Crippen LogP contribution in [0.1, 0.15) is 23.9 Å². The third kappa shape index (κ3) is 3.58. The van der Waals surface area contributed by atoms with Crippen molar-refractivity contribution in [2.45, 2.75) is 13.3 Å². The second-order valence-electron chi connectivity index (χ2n) is 3.93. The van der Waals surface area contributed by atoms with Gasteiger partial charge in [-0.3, -0.25) is 4.79 Å². The van der Waals surface area contributed by atoms with Gasteiger partial charge in [0.25, 0.3) is 11.9 Å². The minimum absolute atomic E-state index is 0.146. The first-order valence-electron chi connectivity index (χ1n) is 6.00. The summed E-state index contributed by atoms with van der Waals surface area (Å²) in [6.45, 7) is 2.54. The number of ether oxygens (including phenoxy) is 1. The van der Waals surface area contributed by atoms with Gasteiger partial charge < -0.3 is 14.5 Å². The lowest BCUT2D eigenvalue weighted by atomic mass is 10.3. The quantitative estimate of drug-likeness (QED) is 0.900. The summed E-state index contributed by atoms with van der Waals surface area (Å²) >= 11 is 0. The molecule has 0 spiro atoms. The lowest BCUT2D eigenvalue weighted by molar-refractivity contribution is 0.0921. The molecule has 0 fully saturated rings. The van der Waals surface area contributed by atoms with Gasteiger partial charge in [-0.1, -0.05) is 13.0 Å². The fourth-order valence-electron chi connectivity index (χ4n) is 1.47. The molecule has 100 valence electrons. The van der Waals surface area contributed by atoms with Crippen LogP contribution < -0.4 is 10.1 Å². The van der Waals surface area contributed by atoms with E-state index >= 15 is 0 Å². The van der Waals surface area contributed by atoms with Gasteiger partial charge in [0, 0.05) is 18.7 Å². The largest absolute Gasteiger partial charge is 0.426 e. The van der Waals surface area contributed by atoms with Crippen molar-refractivity contribution in [1.29, 1.82) is 0 Å². The third-order valence-electron chi connectivity index (χ3n) is 2.36. The number of benzene rings is 1. The minimum Gasteiger partial charge on any atom is -0.426 e. The summed E-state index contributed by atoms with van der Waals surface area (Å²) in [6, 6.07) is 8.72. The number of furan rings is 1. The predicted octanol–water partition coefficient (Wildman–Crippen LogP) is 3.35. The highest BCUT2D eigenvalue weighted by molar-refractivity contribution is 5.91. The summed E-state index contributed by atoms with van der Waals surface area (Å²) in [5.74, 6) is -0.0668. The molecule has 0 unspecified atom stereocenters. The van der Waals surface area contributed by atoms with Gasteiger partial charge in [0.2, 0.25) is 0 Å². The van der Waals surface area contributed by atoms with E-state index in [-0.39, 0.29) is 17.6 Å². The first-order chi connectivity index (χ1) is 9.19. The molecule has 4 nitrogen and oxygen atoms in total. The third-order valence-corrected chi connectivity index (χ3v) is 2.36. The standard InChI is InChI=1S/C14H14FNO3/c1-2-8-16-14(17)12-6-7-13(19-12)18-11-5-3-4-10(15)9-11/h3-7,9H,2,8H2,1H3,(H,16,17).